The minimum Gasteiger partial charge on any atom is -0.444 e. The average Bonchev–Trinajstić information content (AvgIpc) is 3.22. The highest BCUT2D eigenvalue weighted by atomic mass is 16.6. The quantitative estimate of drug-likeness (QED) is 0.651. The third-order valence-electron chi connectivity index (χ3n) is 6.39. The van der Waals surface area contributed by atoms with Gasteiger partial charge in [0.25, 0.3) is 0 Å². The zero-order valence-corrected chi connectivity index (χ0v) is 21.1. The molecule has 0 saturated carbocycles. The normalized spacial score (nSPS) is 18.5. The third-order valence-corrected chi connectivity index (χ3v) is 6.39. The first kappa shape index (κ1) is 24.5. The third kappa shape index (κ3) is 6.08. The average molecular weight is 474 g/mol. The largest absolute Gasteiger partial charge is 0.444 e. The molecule has 2 fully saturated rings. The number of rotatable bonds is 6. The van der Waals surface area contributed by atoms with Crippen LogP contribution in [0.2, 0.25) is 0 Å². The number of piperidine rings is 1. The monoisotopic (exact) mass is 473 g/mol. The number of likely N-dealkylation sites (tertiary alicyclic amines) is 1. The Kier molecular flexibility index (Phi) is 7.45. The number of anilines is 2. The van der Waals surface area contributed by atoms with Crippen LogP contribution in [-0.2, 0) is 9.47 Å². The van der Waals surface area contributed by atoms with Crippen LogP contribution in [0.4, 0.5) is 16.7 Å². The van der Waals surface area contributed by atoms with Crippen molar-refractivity contribution >= 4 is 23.6 Å². The van der Waals surface area contributed by atoms with Crippen molar-refractivity contribution in [3.63, 3.8) is 0 Å². The van der Waals surface area contributed by atoms with Gasteiger partial charge in [0.05, 0.1) is 6.20 Å². The second-order valence-electron chi connectivity index (χ2n) is 10.7. The van der Waals surface area contributed by atoms with Crippen LogP contribution in [0.5, 0.6) is 0 Å². The van der Waals surface area contributed by atoms with Gasteiger partial charge in [-0.25, -0.2) is 4.79 Å². The first-order valence-corrected chi connectivity index (χ1v) is 12.5. The molecule has 2 N–H and O–H groups in total. The van der Waals surface area contributed by atoms with Gasteiger partial charge in [-0.15, -0.1) is 0 Å². The number of aromatic nitrogens is 4. The highest BCUT2D eigenvalue weighted by Crippen LogP contribution is 2.24. The van der Waals surface area contributed by atoms with Gasteiger partial charge in [0.1, 0.15) is 5.60 Å². The van der Waals surface area contributed by atoms with Crippen molar-refractivity contribution in [2.24, 2.45) is 5.92 Å². The summed E-state index contributed by atoms with van der Waals surface area (Å²) in [5.41, 5.74) is 1.47. The van der Waals surface area contributed by atoms with Crippen LogP contribution < -0.4 is 10.6 Å². The standard InChI is InChI=1S/C24H39N7O3/c1-16(2)19-15-26-31-20(19)28-21(27-18-8-12-33-13-9-18)29-22(31)25-14-17-6-10-30(11-7-17)23(32)34-24(3,4)5/h15-18H,6-14H2,1-5H3,(H2,25,27,28,29). The molecule has 1 amide bonds. The number of fused-ring (bicyclic) bond motifs is 1. The summed E-state index contributed by atoms with van der Waals surface area (Å²) >= 11 is 0. The van der Waals surface area contributed by atoms with E-state index >= 15 is 0 Å². The molecular formula is C24H39N7O3. The molecule has 0 radical (unpaired) electrons. The molecule has 4 rings (SSSR count). The molecular weight excluding hydrogens is 434 g/mol. The van der Waals surface area contributed by atoms with Gasteiger partial charge in [-0.1, -0.05) is 13.8 Å². The summed E-state index contributed by atoms with van der Waals surface area (Å²) in [6.07, 6.45) is 5.40. The lowest BCUT2D eigenvalue weighted by atomic mass is 9.97. The van der Waals surface area contributed by atoms with Gasteiger partial charge in [-0.05, 0) is 58.3 Å². The van der Waals surface area contributed by atoms with Crippen molar-refractivity contribution < 1.29 is 14.3 Å². The van der Waals surface area contributed by atoms with Gasteiger partial charge in [0, 0.05) is 44.5 Å². The van der Waals surface area contributed by atoms with E-state index in [0.717, 1.165) is 56.7 Å². The van der Waals surface area contributed by atoms with Crippen LogP contribution >= 0.6 is 0 Å². The van der Waals surface area contributed by atoms with Gasteiger partial charge in [0.2, 0.25) is 11.9 Å². The van der Waals surface area contributed by atoms with Crippen molar-refractivity contribution in [3.05, 3.63) is 11.8 Å². The van der Waals surface area contributed by atoms with E-state index < -0.39 is 5.60 Å². The van der Waals surface area contributed by atoms with E-state index in [-0.39, 0.29) is 6.09 Å². The molecule has 188 valence electrons. The molecule has 4 heterocycles. The molecule has 2 saturated heterocycles. The van der Waals surface area contributed by atoms with Gasteiger partial charge < -0.3 is 25.0 Å². The summed E-state index contributed by atoms with van der Waals surface area (Å²) in [6.45, 7) is 13.7. The lowest BCUT2D eigenvalue weighted by molar-refractivity contribution is 0.0188. The van der Waals surface area contributed by atoms with Crippen molar-refractivity contribution in [1.29, 1.82) is 0 Å². The molecule has 0 bridgehead atoms. The Balaban J connectivity index is 1.42. The number of nitrogens with one attached hydrogen (secondary N) is 2. The fraction of sp³-hybridized carbons (Fsp3) is 0.750. The predicted octanol–water partition coefficient (Wildman–Crippen LogP) is 3.90. The van der Waals surface area contributed by atoms with Crippen molar-refractivity contribution in [1.82, 2.24) is 24.5 Å². The Morgan fingerprint density at radius 1 is 1.18 bits per heavy atom. The molecule has 10 nitrogen and oxygen atoms in total. The fourth-order valence-corrected chi connectivity index (χ4v) is 4.39. The van der Waals surface area contributed by atoms with Crippen LogP contribution in [0.25, 0.3) is 5.65 Å². The van der Waals surface area contributed by atoms with Gasteiger partial charge in [0.15, 0.2) is 5.65 Å². The Morgan fingerprint density at radius 3 is 2.53 bits per heavy atom. The van der Waals surface area contributed by atoms with Gasteiger partial charge >= 0.3 is 6.09 Å². The van der Waals surface area contributed by atoms with E-state index in [9.17, 15) is 4.79 Å². The lowest BCUT2D eigenvalue weighted by Crippen LogP contribution is -2.42. The summed E-state index contributed by atoms with van der Waals surface area (Å²) in [4.78, 5) is 23.7. The number of carbonyl (C=O) groups is 1. The molecule has 0 aliphatic carbocycles. The molecule has 0 unspecified atom stereocenters. The molecule has 0 atom stereocenters. The highest BCUT2D eigenvalue weighted by Gasteiger charge is 2.27. The number of carbonyl (C=O) groups excluding carboxylic acids is 1. The highest BCUT2D eigenvalue weighted by molar-refractivity contribution is 5.68. The number of amides is 1. The molecule has 2 aliphatic rings. The van der Waals surface area contributed by atoms with E-state index in [0.29, 0.717) is 42.9 Å². The van der Waals surface area contributed by atoms with E-state index in [2.05, 4.69) is 29.6 Å². The molecule has 34 heavy (non-hydrogen) atoms. The summed E-state index contributed by atoms with van der Waals surface area (Å²) in [7, 11) is 0. The molecule has 2 aliphatic heterocycles. The first-order chi connectivity index (χ1) is 16.2. The summed E-state index contributed by atoms with van der Waals surface area (Å²) < 4.78 is 12.8. The number of hydrogen-bond donors (Lipinski definition) is 2. The number of nitrogens with zero attached hydrogens (tertiary/aromatic N) is 5. The lowest BCUT2D eigenvalue weighted by Gasteiger charge is -2.33. The van der Waals surface area contributed by atoms with Crippen LogP contribution in [0.15, 0.2) is 6.20 Å². The van der Waals surface area contributed by atoms with E-state index in [1.54, 1.807) is 4.52 Å². The van der Waals surface area contributed by atoms with Crippen molar-refractivity contribution in [2.45, 2.75) is 77.9 Å². The second-order valence-corrected chi connectivity index (χ2v) is 10.7. The molecule has 0 spiro atoms. The topological polar surface area (TPSA) is 106 Å². The Morgan fingerprint density at radius 2 is 1.88 bits per heavy atom. The number of ether oxygens (including phenoxy) is 2. The van der Waals surface area contributed by atoms with E-state index in [1.807, 2.05) is 31.9 Å². The fourth-order valence-electron chi connectivity index (χ4n) is 4.39. The summed E-state index contributed by atoms with van der Waals surface area (Å²) in [6, 6.07) is 0.312. The van der Waals surface area contributed by atoms with Crippen LogP contribution in [0.1, 0.15) is 71.8 Å². The summed E-state index contributed by atoms with van der Waals surface area (Å²) in [5.74, 6) is 2.08. The first-order valence-electron chi connectivity index (χ1n) is 12.5. The molecule has 10 heteroatoms. The maximum absolute atomic E-state index is 12.3. The minimum absolute atomic E-state index is 0.224. The summed E-state index contributed by atoms with van der Waals surface area (Å²) in [5, 5.41) is 11.6. The molecule has 0 aromatic carbocycles. The van der Waals surface area contributed by atoms with Crippen LogP contribution in [-0.4, -0.2) is 75.1 Å². The van der Waals surface area contributed by atoms with Crippen molar-refractivity contribution in [2.75, 3.05) is 43.5 Å². The zero-order valence-electron chi connectivity index (χ0n) is 21.1. The zero-order chi connectivity index (χ0) is 24.3. The van der Waals surface area contributed by atoms with Gasteiger partial charge in [-0.2, -0.15) is 19.6 Å². The Labute approximate surface area is 201 Å². The molecule has 2 aromatic heterocycles. The van der Waals surface area contributed by atoms with Gasteiger partial charge in [-0.3, -0.25) is 0 Å². The van der Waals surface area contributed by atoms with E-state index in [1.165, 1.54) is 0 Å². The molecule has 2 aromatic rings. The minimum atomic E-state index is -0.469. The maximum Gasteiger partial charge on any atom is 0.410 e. The van der Waals surface area contributed by atoms with Crippen molar-refractivity contribution in [3.8, 4) is 0 Å². The Hall–Kier alpha value is -2.62. The SMILES string of the molecule is CC(C)c1cnn2c(NCC3CCN(C(=O)OC(C)(C)C)CC3)nc(NC3CCOCC3)nc12. The van der Waals surface area contributed by atoms with Crippen LogP contribution in [0, 0.1) is 5.92 Å². The second kappa shape index (κ2) is 10.3. The maximum atomic E-state index is 12.3. The Bertz CT molecular complexity index is 971. The smallest absolute Gasteiger partial charge is 0.410 e. The number of hydrogen-bond acceptors (Lipinski definition) is 8. The van der Waals surface area contributed by atoms with Crippen LogP contribution in [0.3, 0.4) is 0 Å². The predicted molar refractivity (Wildman–Crippen MR) is 131 cm³/mol. The van der Waals surface area contributed by atoms with E-state index in [4.69, 9.17) is 19.4 Å².